The van der Waals surface area contributed by atoms with E-state index < -0.39 is 28.8 Å². The molecule has 0 radical (unpaired) electrons. The lowest BCUT2D eigenvalue weighted by Gasteiger charge is -2.37. The highest BCUT2D eigenvalue weighted by atomic mass is 16.6. The number of fused-ring (bicyclic) bond motifs is 3. The summed E-state index contributed by atoms with van der Waals surface area (Å²) in [5.74, 6) is -2.02. The molecule has 2 heterocycles. The second-order valence-electron chi connectivity index (χ2n) is 7.96. The molecule has 1 aliphatic rings. The van der Waals surface area contributed by atoms with Crippen LogP contribution in [-0.4, -0.2) is 39.5 Å². The van der Waals surface area contributed by atoms with E-state index in [-0.39, 0.29) is 17.9 Å². The Morgan fingerprint density at radius 1 is 1.12 bits per heavy atom. The number of imidazole rings is 1. The van der Waals surface area contributed by atoms with Crippen molar-refractivity contribution < 1.29 is 19.2 Å². The van der Waals surface area contributed by atoms with Crippen molar-refractivity contribution >= 4 is 34.5 Å². The van der Waals surface area contributed by atoms with Crippen LogP contribution in [0.3, 0.4) is 0 Å². The van der Waals surface area contributed by atoms with E-state index in [1.807, 2.05) is 24.3 Å². The van der Waals surface area contributed by atoms with Crippen molar-refractivity contribution in [2.45, 2.75) is 39.2 Å². The molecule has 1 aromatic heterocycles. The Hall–Kier alpha value is -3.75. The van der Waals surface area contributed by atoms with Gasteiger partial charge in [0.05, 0.1) is 34.2 Å². The Morgan fingerprint density at radius 3 is 2.58 bits per heavy atom. The van der Waals surface area contributed by atoms with Gasteiger partial charge in [0, 0.05) is 12.6 Å². The number of para-hydroxylation sites is 3. The number of hydrogen-bond donors (Lipinski definition) is 0. The number of rotatable bonds is 8. The van der Waals surface area contributed by atoms with E-state index >= 15 is 0 Å². The van der Waals surface area contributed by atoms with Crippen molar-refractivity contribution in [1.82, 2.24) is 9.55 Å². The Labute approximate surface area is 191 Å². The molecular formula is C24H26N4O5. The standard InChI is InChI=1S/C24H26N4O5/c1-3-5-10-15-26-22(29)20(23(30)33-4-2)21(16-11-6-8-13-18(16)28(31)32)27-19-14-9-7-12-17(19)25-24(26)27/h6-9,11-14,20-21H,3-5,10,15H2,1-2H3/t20-,21+/m1/s1. The molecule has 0 N–H and O–H groups in total. The predicted molar refractivity (Wildman–Crippen MR) is 123 cm³/mol. The summed E-state index contributed by atoms with van der Waals surface area (Å²) in [6.07, 6.45) is 2.64. The average molecular weight is 450 g/mol. The first kappa shape index (κ1) is 22.4. The van der Waals surface area contributed by atoms with Gasteiger partial charge in [-0.2, -0.15) is 0 Å². The number of carbonyl (C=O) groups excluding carboxylic acids is 2. The Kier molecular flexibility index (Phi) is 6.39. The summed E-state index contributed by atoms with van der Waals surface area (Å²) in [5, 5.41) is 11.9. The van der Waals surface area contributed by atoms with Gasteiger partial charge in [0.15, 0.2) is 5.92 Å². The highest BCUT2D eigenvalue weighted by Gasteiger charge is 2.49. The maximum absolute atomic E-state index is 13.7. The van der Waals surface area contributed by atoms with Crippen LogP contribution < -0.4 is 4.90 Å². The largest absolute Gasteiger partial charge is 0.465 e. The zero-order valence-corrected chi connectivity index (χ0v) is 18.6. The van der Waals surface area contributed by atoms with E-state index in [1.54, 1.807) is 29.7 Å². The first-order chi connectivity index (χ1) is 16.0. The predicted octanol–water partition coefficient (Wildman–Crippen LogP) is 4.25. The van der Waals surface area contributed by atoms with Gasteiger partial charge in [-0.3, -0.25) is 24.6 Å². The molecule has 1 aliphatic heterocycles. The van der Waals surface area contributed by atoms with Gasteiger partial charge < -0.3 is 9.30 Å². The van der Waals surface area contributed by atoms with Crippen LogP contribution in [0.5, 0.6) is 0 Å². The second kappa shape index (κ2) is 9.40. The number of hydrogen-bond acceptors (Lipinski definition) is 6. The number of amides is 1. The molecule has 2 aromatic carbocycles. The molecular weight excluding hydrogens is 424 g/mol. The molecule has 0 aliphatic carbocycles. The molecule has 0 bridgehead atoms. The number of ether oxygens (including phenoxy) is 1. The van der Waals surface area contributed by atoms with Crippen molar-refractivity contribution in [3.63, 3.8) is 0 Å². The summed E-state index contributed by atoms with van der Waals surface area (Å²) >= 11 is 0. The number of nitro groups is 1. The van der Waals surface area contributed by atoms with Crippen molar-refractivity contribution in [2.75, 3.05) is 18.1 Å². The smallest absolute Gasteiger partial charge is 0.321 e. The summed E-state index contributed by atoms with van der Waals surface area (Å²) in [6.45, 7) is 4.23. The second-order valence-corrected chi connectivity index (χ2v) is 7.96. The van der Waals surface area contributed by atoms with Crippen molar-refractivity contribution in [3.8, 4) is 0 Å². The van der Waals surface area contributed by atoms with E-state index in [2.05, 4.69) is 6.92 Å². The molecule has 2 atom stereocenters. The number of esters is 1. The highest BCUT2D eigenvalue weighted by molar-refractivity contribution is 6.08. The van der Waals surface area contributed by atoms with Crippen molar-refractivity contribution in [2.24, 2.45) is 5.92 Å². The Morgan fingerprint density at radius 2 is 1.85 bits per heavy atom. The summed E-state index contributed by atoms with van der Waals surface area (Å²) in [7, 11) is 0. The fraction of sp³-hybridized carbons (Fsp3) is 0.375. The maximum Gasteiger partial charge on any atom is 0.321 e. The van der Waals surface area contributed by atoms with Gasteiger partial charge in [-0.05, 0) is 25.5 Å². The summed E-state index contributed by atoms with van der Waals surface area (Å²) in [5.41, 5.74) is 1.45. The van der Waals surface area contributed by atoms with Gasteiger partial charge >= 0.3 is 5.97 Å². The van der Waals surface area contributed by atoms with Crippen LogP contribution in [0.25, 0.3) is 11.0 Å². The third-order valence-corrected chi connectivity index (χ3v) is 5.92. The van der Waals surface area contributed by atoms with Gasteiger partial charge in [0.2, 0.25) is 11.9 Å². The minimum atomic E-state index is -1.27. The van der Waals surface area contributed by atoms with Crippen molar-refractivity contribution in [3.05, 3.63) is 64.2 Å². The minimum absolute atomic E-state index is 0.0968. The zero-order valence-electron chi connectivity index (χ0n) is 18.6. The lowest BCUT2D eigenvalue weighted by molar-refractivity contribution is -0.385. The molecule has 9 nitrogen and oxygen atoms in total. The van der Waals surface area contributed by atoms with Crippen LogP contribution >= 0.6 is 0 Å². The number of unbranched alkanes of at least 4 members (excludes halogenated alkanes) is 2. The molecule has 3 aromatic rings. The van der Waals surface area contributed by atoms with Crippen LogP contribution in [0, 0.1) is 16.0 Å². The van der Waals surface area contributed by atoms with Crippen LogP contribution in [0.1, 0.15) is 44.7 Å². The third kappa shape index (κ3) is 3.94. The maximum atomic E-state index is 13.7. The highest BCUT2D eigenvalue weighted by Crippen LogP contribution is 2.43. The number of nitro benzene ring substituents is 1. The molecule has 0 saturated heterocycles. The molecule has 172 valence electrons. The van der Waals surface area contributed by atoms with Gasteiger partial charge in [-0.25, -0.2) is 4.98 Å². The lowest BCUT2D eigenvalue weighted by Crippen LogP contribution is -2.50. The molecule has 0 saturated carbocycles. The average Bonchev–Trinajstić information content (AvgIpc) is 3.19. The van der Waals surface area contributed by atoms with Crippen molar-refractivity contribution in [1.29, 1.82) is 0 Å². The van der Waals surface area contributed by atoms with Crippen LogP contribution in [0.2, 0.25) is 0 Å². The summed E-state index contributed by atoms with van der Waals surface area (Å²) in [4.78, 5) is 44.5. The van der Waals surface area contributed by atoms with Gasteiger partial charge in [0.25, 0.3) is 5.69 Å². The first-order valence-corrected chi connectivity index (χ1v) is 11.2. The molecule has 9 heteroatoms. The molecule has 0 fully saturated rings. The Bertz CT molecular complexity index is 1200. The number of anilines is 1. The van der Waals surface area contributed by atoms with Crippen LogP contribution in [0.4, 0.5) is 11.6 Å². The fourth-order valence-electron chi connectivity index (χ4n) is 4.46. The van der Waals surface area contributed by atoms with E-state index in [1.165, 1.54) is 11.0 Å². The monoisotopic (exact) mass is 450 g/mol. The fourth-order valence-corrected chi connectivity index (χ4v) is 4.46. The quantitative estimate of drug-likeness (QED) is 0.167. The molecule has 1 amide bonds. The normalized spacial score (nSPS) is 17.8. The minimum Gasteiger partial charge on any atom is -0.465 e. The van der Waals surface area contributed by atoms with Gasteiger partial charge in [-0.15, -0.1) is 0 Å². The first-order valence-electron chi connectivity index (χ1n) is 11.2. The molecule has 4 rings (SSSR count). The number of nitrogens with zero attached hydrogens (tertiary/aromatic N) is 4. The number of benzene rings is 2. The lowest BCUT2D eigenvalue weighted by atomic mass is 9.88. The van der Waals surface area contributed by atoms with Gasteiger partial charge in [0.1, 0.15) is 0 Å². The summed E-state index contributed by atoms with van der Waals surface area (Å²) in [6, 6.07) is 12.6. The molecule has 0 spiro atoms. The van der Waals surface area contributed by atoms with E-state index in [0.29, 0.717) is 23.5 Å². The topological polar surface area (TPSA) is 108 Å². The summed E-state index contributed by atoms with van der Waals surface area (Å²) < 4.78 is 7.08. The molecule has 0 unspecified atom stereocenters. The van der Waals surface area contributed by atoms with E-state index in [9.17, 15) is 19.7 Å². The number of carbonyl (C=O) groups is 2. The zero-order chi connectivity index (χ0) is 23.5. The third-order valence-electron chi connectivity index (χ3n) is 5.92. The number of aromatic nitrogens is 2. The van der Waals surface area contributed by atoms with Gasteiger partial charge in [-0.1, -0.05) is 50.1 Å². The SMILES string of the molecule is CCCCCN1C(=O)[C@H](C(=O)OCC)[C@H](c2ccccc2[N+](=O)[O-])n2c1nc1ccccc12. The molecule has 33 heavy (non-hydrogen) atoms. The van der Waals surface area contributed by atoms with Crippen LogP contribution in [0.15, 0.2) is 48.5 Å². The van der Waals surface area contributed by atoms with E-state index in [0.717, 1.165) is 19.3 Å². The Balaban J connectivity index is 2.00. The van der Waals surface area contributed by atoms with Crippen LogP contribution in [-0.2, 0) is 14.3 Å². The van der Waals surface area contributed by atoms with E-state index in [4.69, 9.17) is 9.72 Å².